The lowest BCUT2D eigenvalue weighted by molar-refractivity contribution is 0.187. The number of aliphatic imine (C=N–C) groups is 1. The van der Waals surface area contributed by atoms with Crippen LogP contribution in [0.4, 0.5) is 0 Å². The molecule has 1 aliphatic heterocycles. The van der Waals surface area contributed by atoms with Crippen molar-refractivity contribution >= 4 is 6.08 Å². The van der Waals surface area contributed by atoms with E-state index in [2.05, 4.69) is 4.99 Å². The van der Waals surface area contributed by atoms with Crippen molar-refractivity contribution in [2.75, 3.05) is 19.8 Å². The molecule has 0 aliphatic carbocycles. The van der Waals surface area contributed by atoms with Gasteiger partial charge in [0.25, 0.3) is 0 Å². The highest BCUT2D eigenvalue weighted by Gasteiger charge is 2.13. The molecule has 0 N–H and O–H groups in total. The van der Waals surface area contributed by atoms with Crippen LogP contribution >= 0.6 is 0 Å². The Bertz CT molecular complexity index is 123. The summed E-state index contributed by atoms with van der Waals surface area (Å²) in [6, 6.07) is 0. The second kappa shape index (κ2) is 3.38. The van der Waals surface area contributed by atoms with Gasteiger partial charge in [-0.2, -0.15) is 0 Å². The molecule has 0 amide bonds. The summed E-state index contributed by atoms with van der Waals surface area (Å²) in [5.74, 6) is 0.464. The Morgan fingerprint density at radius 1 is 1.78 bits per heavy atom. The highest BCUT2D eigenvalue weighted by molar-refractivity contribution is 5.32. The fraction of sp³-hybridized carbons (Fsp3) is 0.833. The summed E-state index contributed by atoms with van der Waals surface area (Å²) in [5, 5.41) is 0. The van der Waals surface area contributed by atoms with Gasteiger partial charge >= 0.3 is 0 Å². The average molecular weight is 127 g/mol. The summed E-state index contributed by atoms with van der Waals surface area (Å²) in [7, 11) is 0. The molecule has 3 nitrogen and oxygen atoms in total. The largest absolute Gasteiger partial charge is 0.381 e. The molecule has 9 heavy (non-hydrogen) atoms. The first kappa shape index (κ1) is 6.46. The molecule has 1 saturated heterocycles. The third-order valence-electron chi connectivity index (χ3n) is 1.44. The van der Waals surface area contributed by atoms with E-state index in [9.17, 15) is 4.79 Å². The van der Waals surface area contributed by atoms with Gasteiger partial charge < -0.3 is 4.74 Å². The van der Waals surface area contributed by atoms with Crippen LogP contribution in [0.5, 0.6) is 0 Å². The molecule has 0 bridgehead atoms. The molecule has 0 aromatic rings. The van der Waals surface area contributed by atoms with Gasteiger partial charge in [0.2, 0.25) is 6.08 Å². The van der Waals surface area contributed by atoms with E-state index in [1.54, 1.807) is 0 Å². The summed E-state index contributed by atoms with van der Waals surface area (Å²) >= 11 is 0. The van der Waals surface area contributed by atoms with Crippen molar-refractivity contribution in [3.8, 4) is 0 Å². The smallest absolute Gasteiger partial charge is 0.234 e. The van der Waals surface area contributed by atoms with Crippen LogP contribution in [0.3, 0.4) is 0 Å². The van der Waals surface area contributed by atoms with Crippen LogP contribution < -0.4 is 0 Å². The van der Waals surface area contributed by atoms with Gasteiger partial charge in [0.05, 0.1) is 13.2 Å². The number of nitrogens with zero attached hydrogens (tertiary/aromatic N) is 1. The zero-order valence-corrected chi connectivity index (χ0v) is 5.17. The quantitative estimate of drug-likeness (QED) is 0.397. The van der Waals surface area contributed by atoms with Gasteiger partial charge in [-0.05, 0) is 6.42 Å². The van der Waals surface area contributed by atoms with Gasteiger partial charge in [-0.1, -0.05) is 0 Å². The van der Waals surface area contributed by atoms with Crippen molar-refractivity contribution in [2.24, 2.45) is 10.9 Å². The van der Waals surface area contributed by atoms with E-state index in [4.69, 9.17) is 4.74 Å². The summed E-state index contributed by atoms with van der Waals surface area (Å²) in [6.45, 7) is 2.16. The normalized spacial score (nSPS) is 25.6. The van der Waals surface area contributed by atoms with Gasteiger partial charge in [0.1, 0.15) is 0 Å². The zero-order chi connectivity index (χ0) is 6.53. The number of isocyanates is 1. The molecule has 3 heteroatoms. The predicted molar refractivity (Wildman–Crippen MR) is 31.9 cm³/mol. The minimum Gasteiger partial charge on any atom is -0.381 e. The number of rotatable bonds is 2. The van der Waals surface area contributed by atoms with Crippen LogP contribution in [-0.4, -0.2) is 25.8 Å². The Balaban J connectivity index is 2.18. The Hall–Kier alpha value is -0.660. The van der Waals surface area contributed by atoms with Crippen LogP contribution in [0, 0.1) is 5.92 Å². The van der Waals surface area contributed by atoms with Crippen LogP contribution in [0.2, 0.25) is 0 Å². The van der Waals surface area contributed by atoms with E-state index in [1.165, 1.54) is 6.08 Å². The number of carbonyl (C=O) groups excluding carboxylic acids is 1. The Morgan fingerprint density at radius 3 is 3.22 bits per heavy atom. The molecule has 1 atom stereocenters. The van der Waals surface area contributed by atoms with Crippen LogP contribution in [-0.2, 0) is 9.53 Å². The lowest BCUT2D eigenvalue weighted by Crippen LogP contribution is -2.02. The molecule has 1 heterocycles. The summed E-state index contributed by atoms with van der Waals surface area (Å²) in [4.78, 5) is 13.1. The van der Waals surface area contributed by atoms with E-state index in [1.807, 2.05) is 0 Å². The fourth-order valence-corrected chi connectivity index (χ4v) is 0.894. The third-order valence-corrected chi connectivity index (χ3v) is 1.44. The molecular weight excluding hydrogens is 118 g/mol. The van der Waals surface area contributed by atoms with Crippen LogP contribution in [0.1, 0.15) is 6.42 Å². The monoisotopic (exact) mass is 127 g/mol. The minimum atomic E-state index is 0.464. The maximum Gasteiger partial charge on any atom is 0.234 e. The maximum absolute atomic E-state index is 9.63. The molecule has 1 fully saturated rings. The van der Waals surface area contributed by atoms with E-state index in [0.717, 1.165) is 19.6 Å². The van der Waals surface area contributed by atoms with Gasteiger partial charge in [-0.15, -0.1) is 0 Å². The first-order chi connectivity index (χ1) is 4.43. The van der Waals surface area contributed by atoms with Crippen molar-refractivity contribution in [3.63, 3.8) is 0 Å². The first-order valence-electron chi connectivity index (χ1n) is 3.05. The van der Waals surface area contributed by atoms with Gasteiger partial charge in [0, 0.05) is 12.5 Å². The maximum atomic E-state index is 9.63. The predicted octanol–water partition coefficient (Wildman–Crippen LogP) is 0.359. The first-order valence-corrected chi connectivity index (χ1v) is 3.05. The molecule has 0 aromatic heterocycles. The van der Waals surface area contributed by atoms with E-state index < -0.39 is 0 Å². The number of hydrogen-bond acceptors (Lipinski definition) is 3. The molecule has 0 spiro atoms. The van der Waals surface area contributed by atoms with Crippen molar-refractivity contribution in [1.82, 2.24) is 0 Å². The molecule has 1 rings (SSSR count). The third kappa shape index (κ3) is 1.96. The highest BCUT2D eigenvalue weighted by Crippen LogP contribution is 2.11. The second-order valence-electron chi connectivity index (χ2n) is 2.16. The van der Waals surface area contributed by atoms with Crippen LogP contribution in [0.15, 0.2) is 4.99 Å². The Morgan fingerprint density at radius 2 is 2.67 bits per heavy atom. The number of ether oxygens (including phenoxy) is 1. The molecule has 0 unspecified atom stereocenters. The second-order valence-corrected chi connectivity index (χ2v) is 2.16. The van der Waals surface area contributed by atoms with Crippen molar-refractivity contribution in [2.45, 2.75) is 6.42 Å². The summed E-state index contributed by atoms with van der Waals surface area (Å²) in [5.41, 5.74) is 0. The SMILES string of the molecule is O=C=NC[C@@H]1CCOC1. The minimum absolute atomic E-state index is 0.464. The van der Waals surface area contributed by atoms with Crippen molar-refractivity contribution < 1.29 is 9.53 Å². The van der Waals surface area contributed by atoms with Gasteiger partial charge in [-0.25, -0.2) is 9.79 Å². The van der Waals surface area contributed by atoms with Crippen molar-refractivity contribution in [3.05, 3.63) is 0 Å². The molecule has 1 aliphatic rings. The molecule has 0 aromatic carbocycles. The molecule has 0 saturated carbocycles. The standard InChI is InChI=1S/C6H9NO2/c8-5-7-3-6-1-2-9-4-6/h6H,1-4H2/t6-/m0/s1. The van der Waals surface area contributed by atoms with E-state index in [0.29, 0.717) is 12.5 Å². The van der Waals surface area contributed by atoms with Gasteiger partial charge in [-0.3, -0.25) is 0 Å². The lowest BCUT2D eigenvalue weighted by atomic mass is 10.1. The number of hydrogen-bond donors (Lipinski definition) is 0. The summed E-state index contributed by atoms with van der Waals surface area (Å²) in [6.07, 6.45) is 2.55. The fourth-order valence-electron chi connectivity index (χ4n) is 0.894. The van der Waals surface area contributed by atoms with Crippen LogP contribution in [0.25, 0.3) is 0 Å². The van der Waals surface area contributed by atoms with E-state index in [-0.39, 0.29) is 0 Å². The zero-order valence-electron chi connectivity index (χ0n) is 5.17. The Labute approximate surface area is 53.7 Å². The molecular formula is C6H9NO2. The highest BCUT2D eigenvalue weighted by atomic mass is 16.5. The average Bonchev–Trinajstić information content (AvgIpc) is 2.34. The Kier molecular flexibility index (Phi) is 2.43. The van der Waals surface area contributed by atoms with E-state index >= 15 is 0 Å². The van der Waals surface area contributed by atoms with Crippen molar-refractivity contribution in [1.29, 1.82) is 0 Å². The lowest BCUT2D eigenvalue weighted by Gasteiger charge is -1.97. The summed E-state index contributed by atoms with van der Waals surface area (Å²) < 4.78 is 5.06. The molecule has 50 valence electrons. The van der Waals surface area contributed by atoms with Gasteiger partial charge in [0.15, 0.2) is 0 Å². The molecule has 0 radical (unpaired) electrons. The topological polar surface area (TPSA) is 38.7 Å².